The van der Waals surface area contributed by atoms with Gasteiger partial charge in [0.1, 0.15) is 11.4 Å². The van der Waals surface area contributed by atoms with E-state index >= 15 is 0 Å². The first-order valence-electron chi connectivity index (χ1n) is 7.31. The molecule has 1 aromatic carbocycles. The average molecular weight is 348 g/mol. The van der Waals surface area contributed by atoms with Crippen LogP contribution in [0.15, 0.2) is 24.4 Å². The summed E-state index contributed by atoms with van der Waals surface area (Å²) in [6, 6.07) is 6.41. The van der Waals surface area contributed by atoms with E-state index in [2.05, 4.69) is 47.6 Å². The van der Waals surface area contributed by atoms with Crippen molar-refractivity contribution in [3.63, 3.8) is 0 Å². The van der Waals surface area contributed by atoms with Gasteiger partial charge in [-0.3, -0.25) is 0 Å². The zero-order chi connectivity index (χ0) is 15.4. The fraction of sp³-hybridized carbons (Fsp3) is 0.294. The highest BCUT2D eigenvalue weighted by Gasteiger charge is 2.31. The Morgan fingerprint density at radius 2 is 1.96 bits per heavy atom. The SMILES string of the molecule is COc1cc[n+]2c(c1C)CSn1c-2nc2cc(C)c(C)cc21.[Cl-]. The molecule has 2 aromatic heterocycles. The lowest BCUT2D eigenvalue weighted by Gasteiger charge is -2.16. The molecule has 0 fully saturated rings. The van der Waals surface area contributed by atoms with Crippen LogP contribution >= 0.6 is 11.9 Å². The third-order valence-electron chi connectivity index (χ3n) is 4.45. The topological polar surface area (TPSA) is 30.9 Å². The van der Waals surface area contributed by atoms with E-state index in [0.717, 1.165) is 23.0 Å². The Hall–Kier alpha value is -1.72. The van der Waals surface area contributed by atoms with Crippen molar-refractivity contribution in [3.8, 4) is 11.7 Å². The maximum absolute atomic E-state index is 5.44. The number of aryl methyl sites for hydroxylation is 2. The van der Waals surface area contributed by atoms with Crippen LogP contribution in [0.2, 0.25) is 0 Å². The molecule has 0 saturated carbocycles. The highest BCUT2D eigenvalue weighted by Crippen LogP contribution is 2.32. The monoisotopic (exact) mass is 347 g/mol. The van der Waals surface area contributed by atoms with Crippen LogP contribution in [-0.2, 0) is 5.75 Å². The predicted molar refractivity (Wildman–Crippen MR) is 88.7 cm³/mol. The number of fused-ring (bicyclic) bond motifs is 5. The molecule has 0 saturated heterocycles. The molecule has 4 rings (SSSR count). The van der Waals surface area contributed by atoms with Gasteiger partial charge < -0.3 is 17.1 Å². The lowest BCUT2D eigenvalue weighted by atomic mass is 10.1. The summed E-state index contributed by atoms with van der Waals surface area (Å²) in [6.07, 6.45) is 2.05. The number of imidazole rings is 1. The molecule has 3 heterocycles. The minimum absolute atomic E-state index is 0. The van der Waals surface area contributed by atoms with Gasteiger partial charge >= 0.3 is 5.95 Å². The third kappa shape index (κ3) is 2.30. The molecule has 1 aliphatic heterocycles. The van der Waals surface area contributed by atoms with Crippen molar-refractivity contribution in [2.45, 2.75) is 26.5 Å². The predicted octanol–water partition coefficient (Wildman–Crippen LogP) is 0.261. The largest absolute Gasteiger partial charge is 1.00 e. The molecule has 0 bridgehead atoms. The van der Waals surface area contributed by atoms with Gasteiger partial charge in [-0.05, 0) is 44.0 Å². The van der Waals surface area contributed by atoms with Gasteiger partial charge in [0.25, 0.3) is 0 Å². The first kappa shape index (κ1) is 16.1. The second kappa shape index (κ2) is 5.73. The molecule has 3 aromatic rings. The number of aromatic nitrogens is 3. The van der Waals surface area contributed by atoms with Crippen molar-refractivity contribution in [1.82, 2.24) is 8.96 Å². The quantitative estimate of drug-likeness (QED) is 0.592. The standard InChI is InChI=1S/C17H18N3OS.ClH/c1-10-7-13-14(8-11(10)2)20-17(18-13)19-6-5-16(21-4)12(3)15(19)9-22-20;/h5-8H,9H2,1-4H3;1H/q+1;/p-1. The van der Waals surface area contributed by atoms with Crippen LogP contribution in [0.4, 0.5) is 0 Å². The summed E-state index contributed by atoms with van der Waals surface area (Å²) in [7, 11) is 1.72. The van der Waals surface area contributed by atoms with Gasteiger partial charge in [0.15, 0.2) is 11.0 Å². The molecular weight excluding hydrogens is 330 g/mol. The number of methoxy groups -OCH3 is 1. The van der Waals surface area contributed by atoms with Crippen LogP contribution in [0, 0.1) is 20.8 Å². The fourth-order valence-electron chi connectivity index (χ4n) is 2.97. The van der Waals surface area contributed by atoms with Crippen molar-refractivity contribution in [2.24, 2.45) is 0 Å². The first-order valence-corrected chi connectivity index (χ1v) is 8.26. The molecule has 0 spiro atoms. The van der Waals surface area contributed by atoms with Crippen molar-refractivity contribution in [1.29, 1.82) is 0 Å². The van der Waals surface area contributed by atoms with Gasteiger partial charge in [0.05, 0.1) is 19.1 Å². The van der Waals surface area contributed by atoms with Gasteiger partial charge in [-0.1, -0.05) is 4.98 Å². The lowest BCUT2D eigenvalue weighted by molar-refractivity contribution is -0.612. The Balaban J connectivity index is 0.00000156. The van der Waals surface area contributed by atoms with Crippen LogP contribution in [0.3, 0.4) is 0 Å². The van der Waals surface area contributed by atoms with E-state index in [1.807, 2.05) is 6.07 Å². The number of pyridine rings is 1. The molecule has 0 unspecified atom stereocenters. The maximum Gasteiger partial charge on any atom is 0.415 e. The van der Waals surface area contributed by atoms with Crippen LogP contribution in [0.5, 0.6) is 5.75 Å². The lowest BCUT2D eigenvalue weighted by Crippen LogP contribution is -3.00. The number of nitrogens with zero attached hydrogens (tertiary/aromatic N) is 3. The summed E-state index contributed by atoms with van der Waals surface area (Å²) >= 11 is 1.79. The van der Waals surface area contributed by atoms with Gasteiger partial charge in [-0.2, -0.15) is 3.97 Å². The Morgan fingerprint density at radius 3 is 2.70 bits per heavy atom. The van der Waals surface area contributed by atoms with E-state index in [1.54, 1.807) is 19.1 Å². The van der Waals surface area contributed by atoms with Crippen molar-refractivity contribution in [2.75, 3.05) is 7.11 Å². The van der Waals surface area contributed by atoms with E-state index in [1.165, 1.54) is 27.9 Å². The van der Waals surface area contributed by atoms with E-state index in [4.69, 9.17) is 9.72 Å². The normalized spacial score (nSPS) is 12.5. The molecule has 0 N–H and O–H groups in total. The number of benzene rings is 1. The smallest absolute Gasteiger partial charge is 0.415 e. The minimum Gasteiger partial charge on any atom is -1.00 e. The van der Waals surface area contributed by atoms with Gasteiger partial charge in [0.2, 0.25) is 0 Å². The highest BCUT2D eigenvalue weighted by molar-refractivity contribution is 7.97. The first-order chi connectivity index (χ1) is 10.6. The fourth-order valence-corrected chi connectivity index (χ4v) is 4.11. The second-order valence-corrected chi connectivity index (χ2v) is 6.64. The summed E-state index contributed by atoms with van der Waals surface area (Å²) in [5.74, 6) is 2.81. The molecule has 4 nitrogen and oxygen atoms in total. The molecule has 23 heavy (non-hydrogen) atoms. The molecule has 0 atom stereocenters. The second-order valence-electron chi connectivity index (χ2n) is 5.73. The van der Waals surface area contributed by atoms with Crippen LogP contribution in [0.1, 0.15) is 22.4 Å². The van der Waals surface area contributed by atoms with Gasteiger partial charge in [-0.15, -0.1) is 0 Å². The Labute approximate surface area is 146 Å². The Bertz CT molecular complexity index is 920. The number of ether oxygens (including phenoxy) is 1. The summed E-state index contributed by atoms with van der Waals surface area (Å²) in [5, 5.41) is 0. The van der Waals surface area contributed by atoms with Crippen LogP contribution < -0.4 is 21.7 Å². The number of halogens is 1. The molecule has 6 heteroatoms. The van der Waals surface area contributed by atoms with E-state index in [9.17, 15) is 0 Å². The van der Waals surface area contributed by atoms with Crippen LogP contribution in [-0.4, -0.2) is 16.1 Å². The molecule has 120 valence electrons. The third-order valence-corrected chi connectivity index (χ3v) is 5.47. The number of rotatable bonds is 1. The summed E-state index contributed by atoms with van der Waals surface area (Å²) in [5.41, 5.74) is 7.26. The average Bonchev–Trinajstić information content (AvgIpc) is 2.86. The summed E-state index contributed by atoms with van der Waals surface area (Å²) in [6.45, 7) is 6.40. The number of hydrogen-bond acceptors (Lipinski definition) is 3. The van der Waals surface area contributed by atoms with Crippen molar-refractivity contribution >= 4 is 23.0 Å². The van der Waals surface area contributed by atoms with Crippen molar-refractivity contribution in [3.05, 3.63) is 46.8 Å². The minimum atomic E-state index is 0. The van der Waals surface area contributed by atoms with Crippen molar-refractivity contribution < 1.29 is 21.7 Å². The highest BCUT2D eigenvalue weighted by atomic mass is 35.5. The molecule has 0 radical (unpaired) electrons. The molecule has 0 aliphatic carbocycles. The van der Waals surface area contributed by atoms with E-state index in [-0.39, 0.29) is 12.4 Å². The maximum atomic E-state index is 5.44. The van der Waals surface area contributed by atoms with E-state index in [0.29, 0.717) is 0 Å². The van der Waals surface area contributed by atoms with Gasteiger partial charge in [-0.25, -0.2) is 4.57 Å². The molecule has 0 amide bonds. The Morgan fingerprint density at radius 1 is 1.22 bits per heavy atom. The van der Waals surface area contributed by atoms with Crippen LogP contribution in [0.25, 0.3) is 17.0 Å². The molecular formula is C17H18ClN3OS. The summed E-state index contributed by atoms with van der Waals surface area (Å²) in [4.78, 5) is 4.86. The van der Waals surface area contributed by atoms with Gasteiger partial charge in [0, 0.05) is 23.6 Å². The summed E-state index contributed by atoms with van der Waals surface area (Å²) < 4.78 is 9.86. The number of hydrogen-bond donors (Lipinski definition) is 0. The molecule has 1 aliphatic rings. The van der Waals surface area contributed by atoms with E-state index < -0.39 is 0 Å². The zero-order valence-electron chi connectivity index (χ0n) is 13.6. The Kier molecular flexibility index (Phi) is 4.02. The zero-order valence-corrected chi connectivity index (χ0v) is 15.1.